The van der Waals surface area contributed by atoms with Gasteiger partial charge < -0.3 is 14.4 Å². The van der Waals surface area contributed by atoms with Crippen LogP contribution in [0.15, 0.2) is 30.3 Å². The minimum Gasteiger partial charge on any atom is -0.465 e. The van der Waals surface area contributed by atoms with Gasteiger partial charge in [-0.2, -0.15) is 11.8 Å². The fraction of sp³-hybridized carbons (Fsp3) is 0.640. The highest BCUT2D eigenvalue weighted by Gasteiger charge is 2.47. The van der Waals surface area contributed by atoms with E-state index in [1.165, 1.54) is 0 Å². The maximum Gasteiger partial charge on any atom is 0.333 e. The predicted octanol–water partition coefficient (Wildman–Crippen LogP) is 3.20. The van der Waals surface area contributed by atoms with E-state index < -0.39 is 29.2 Å². The first-order valence-electron chi connectivity index (χ1n) is 11.6. The average Bonchev–Trinajstić information content (AvgIpc) is 2.76. The molecule has 184 valence electrons. The molecule has 7 nitrogen and oxygen atoms in total. The second kappa shape index (κ2) is 11.9. The lowest BCUT2D eigenvalue weighted by Crippen LogP contribution is -2.64. The summed E-state index contributed by atoms with van der Waals surface area (Å²) in [6.45, 7) is 11.4. The third-order valence-electron chi connectivity index (χ3n) is 5.50. The van der Waals surface area contributed by atoms with Gasteiger partial charge in [-0.25, -0.2) is 4.79 Å². The van der Waals surface area contributed by atoms with Crippen molar-refractivity contribution < 1.29 is 23.9 Å². The SMILES string of the molecule is CCOC(=O)C(CCc1ccccc1)N[C@@H](C)C(=O)N1CCSCC1(C)C(=O)OC(C)(C)C. The first-order valence-corrected chi connectivity index (χ1v) is 12.7. The van der Waals surface area contributed by atoms with Crippen molar-refractivity contribution in [2.24, 2.45) is 0 Å². The summed E-state index contributed by atoms with van der Waals surface area (Å²) in [6.07, 6.45) is 1.17. The van der Waals surface area contributed by atoms with Crippen LogP contribution in [0.1, 0.15) is 53.5 Å². The number of rotatable bonds is 9. The molecule has 0 bridgehead atoms. The minimum absolute atomic E-state index is 0.224. The van der Waals surface area contributed by atoms with E-state index in [9.17, 15) is 14.4 Å². The minimum atomic E-state index is -1.06. The van der Waals surface area contributed by atoms with Crippen molar-refractivity contribution in [3.05, 3.63) is 35.9 Å². The number of hydrogen-bond donors (Lipinski definition) is 1. The summed E-state index contributed by atoms with van der Waals surface area (Å²) in [5.41, 5.74) is -0.599. The van der Waals surface area contributed by atoms with E-state index >= 15 is 0 Å². The van der Waals surface area contributed by atoms with Gasteiger partial charge in [0, 0.05) is 18.1 Å². The highest BCUT2D eigenvalue weighted by Crippen LogP contribution is 2.30. The summed E-state index contributed by atoms with van der Waals surface area (Å²) in [4.78, 5) is 40.7. The van der Waals surface area contributed by atoms with Crippen molar-refractivity contribution in [3.63, 3.8) is 0 Å². The highest BCUT2D eigenvalue weighted by molar-refractivity contribution is 7.99. The first-order chi connectivity index (χ1) is 15.5. The summed E-state index contributed by atoms with van der Waals surface area (Å²) in [7, 11) is 0. The molecular weight excluding hydrogens is 440 g/mol. The smallest absolute Gasteiger partial charge is 0.333 e. The van der Waals surface area contributed by atoms with Crippen molar-refractivity contribution in [1.82, 2.24) is 10.2 Å². The Morgan fingerprint density at radius 2 is 1.88 bits per heavy atom. The van der Waals surface area contributed by atoms with Gasteiger partial charge in [0.15, 0.2) is 0 Å². The van der Waals surface area contributed by atoms with Gasteiger partial charge in [0.1, 0.15) is 17.2 Å². The molecule has 1 aromatic carbocycles. The highest BCUT2D eigenvalue weighted by atomic mass is 32.2. The summed E-state index contributed by atoms with van der Waals surface area (Å²) < 4.78 is 10.9. The number of carbonyl (C=O) groups is 3. The van der Waals surface area contributed by atoms with Gasteiger partial charge in [0.2, 0.25) is 5.91 Å². The van der Waals surface area contributed by atoms with Crippen molar-refractivity contribution in [2.45, 2.75) is 77.6 Å². The molecule has 2 unspecified atom stereocenters. The molecule has 8 heteroatoms. The van der Waals surface area contributed by atoms with E-state index in [1.807, 2.05) is 51.1 Å². The van der Waals surface area contributed by atoms with Crippen LogP contribution in [0.2, 0.25) is 0 Å². The van der Waals surface area contributed by atoms with Crippen LogP contribution in [0, 0.1) is 0 Å². The Morgan fingerprint density at radius 1 is 1.21 bits per heavy atom. The van der Waals surface area contributed by atoms with Gasteiger partial charge >= 0.3 is 11.9 Å². The van der Waals surface area contributed by atoms with Gasteiger partial charge in [-0.3, -0.25) is 14.9 Å². The van der Waals surface area contributed by atoms with E-state index in [-0.39, 0.29) is 18.5 Å². The van der Waals surface area contributed by atoms with Crippen molar-refractivity contribution >= 4 is 29.6 Å². The van der Waals surface area contributed by atoms with Crippen LogP contribution in [-0.4, -0.2) is 70.6 Å². The molecule has 0 aromatic heterocycles. The Hall–Kier alpha value is -2.06. The van der Waals surface area contributed by atoms with Gasteiger partial charge in [-0.15, -0.1) is 0 Å². The topological polar surface area (TPSA) is 84.9 Å². The largest absolute Gasteiger partial charge is 0.465 e. The zero-order chi connectivity index (χ0) is 24.6. The fourth-order valence-corrected chi connectivity index (χ4v) is 4.86. The molecule has 0 radical (unpaired) electrons. The number of ether oxygens (including phenoxy) is 2. The van der Waals surface area contributed by atoms with Gasteiger partial charge in [-0.1, -0.05) is 30.3 Å². The first kappa shape index (κ1) is 27.2. The van der Waals surface area contributed by atoms with Crippen LogP contribution >= 0.6 is 11.8 Å². The monoisotopic (exact) mass is 478 g/mol. The molecule has 0 aliphatic carbocycles. The molecule has 1 amide bonds. The molecule has 1 N–H and O–H groups in total. The number of nitrogens with one attached hydrogen (secondary N) is 1. The maximum atomic E-state index is 13.5. The van der Waals surface area contributed by atoms with E-state index in [0.717, 1.165) is 11.3 Å². The quantitative estimate of drug-likeness (QED) is 0.546. The summed E-state index contributed by atoms with van der Waals surface area (Å²) in [6, 6.07) is 8.59. The van der Waals surface area contributed by atoms with Crippen molar-refractivity contribution in [2.75, 3.05) is 24.7 Å². The molecule has 1 fully saturated rings. The number of benzene rings is 1. The number of aryl methyl sites for hydroxylation is 1. The van der Waals surface area contributed by atoms with Gasteiger partial charge in [0.25, 0.3) is 0 Å². The zero-order valence-electron chi connectivity index (χ0n) is 20.7. The molecule has 0 spiro atoms. The Morgan fingerprint density at radius 3 is 2.48 bits per heavy atom. The predicted molar refractivity (Wildman–Crippen MR) is 131 cm³/mol. The van der Waals surface area contributed by atoms with E-state index in [4.69, 9.17) is 9.47 Å². The van der Waals surface area contributed by atoms with Crippen LogP contribution in [0.25, 0.3) is 0 Å². The van der Waals surface area contributed by atoms with E-state index in [0.29, 0.717) is 25.1 Å². The lowest BCUT2D eigenvalue weighted by molar-refractivity contribution is -0.172. The summed E-state index contributed by atoms with van der Waals surface area (Å²) in [5, 5.41) is 3.17. The van der Waals surface area contributed by atoms with Crippen LogP contribution < -0.4 is 5.32 Å². The van der Waals surface area contributed by atoms with E-state index in [1.54, 1.807) is 37.4 Å². The molecule has 33 heavy (non-hydrogen) atoms. The Kier molecular flexibility index (Phi) is 9.79. The van der Waals surface area contributed by atoms with Crippen molar-refractivity contribution in [3.8, 4) is 0 Å². The summed E-state index contributed by atoms with van der Waals surface area (Å²) >= 11 is 1.63. The van der Waals surface area contributed by atoms with Crippen LogP contribution in [0.4, 0.5) is 0 Å². The Balaban J connectivity index is 2.14. The molecule has 1 aromatic rings. The molecule has 1 aliphatic heterocycles. The molecule has 1 aliphatic rings. The number of nitrogens with zero attached hydrogens (tertiary/aromatic N) is 1. The fourth-order valence-electron chi connectivity index (χ4n) is 3.74. The second-order valence-electron chi connectivity index (χ2n) is 9.54. The van der Waals surface area contributed by atoms with Crippen LogP contribution in [0.3, 0.4) is 0 Å². The normalized spacial score (nSPS) is 20.6. The molecular formula is C25H38N2O5S. The lowest BCUT2D eigenvalue weighted by atomic mass is 9.99. The van der Waals surface area contributed by atoms with Crippen LogP contribution in [0.5, 0.6) is 0 Å². The molecule has 0 saturated carbocycles. The zero-order valence-corrected chi connectivity index (χ0v) is 21.5. The van der Waals surface area contributed by atoms with Gasteiger partial charge in [0.05, 0.1) is 12.6 Å². The Labute approximate surface area is 202 Å². The molecule has 2 rings (SSSR count). The number of hydrogen-bond acceptors (Lipinski definition) is 7. The van der Waals surface area contributed by atoms with Crippen molar-refractivity contribution in [1.29, 1.82) is 0 Å². The number of amides is 1. The molecule has 3 atom stereocenters. The maximum absolute atomic E-state index is 13.5. The summed E-state index contributed by atoms with van der Waals surface area (Å²) in [5.74, 6) is 0.200. The Bertz CT molecular complexity index is 811. The molecule has 1 heterocycles. The standard InChI is InChI=1S/C25H38N2O5S/c1-7-31-22(29)20(14-13-19-11-9-8-10-12-19)26-18(2)21(28)27-15-16-33-17-25(27,6)23(30)32-24(3,4)5/h8-12,18,20,26H,7,13-17H2,1-6H3/t18-,20?,25?/m0/s1. The van der Waals surface area contributed by atoms with E-state index in [2.05, 4.69) is 5.32 Å². The van der Waals surface area contributed by atoms with Crippen LogP contribution in [-0.2, 0) is 30.3 Å². The number of carbonyl (C=O) groups excluding carboxylic acids is 3. The third kappa shape index (κ3) is 7.74. The number of esters is 2. The second-order valence-corrected chi connectivity index (χ2v) is 10.6. The number of thioether (sulfide) groups is 1. The molecule has 1 saturated heterocycles. The van der Waals surface area contributed by atoms with Gasteiger partial charge in [-0.05, 0) is 59.9 Å². The average molecular weight is 479 g/mol. The lowest BCUT2D eigenvalue weighted by Gasteiger charge is -2.44. The third-order valence-corrected chi connectivity index (χ3v) is 6.74.